The van der Waals surface area contributed by atoms with E-state index in [0.717, 1.165) is 78.5 Å². The zero-order valence-electron chi connectivity index (χ0n) is 26.8. The van der Waals surface area contributed by atoms with Crippen LogP contribution in [-0.4, -0.2) is 87.5 Å². The van der Waals surface area contributed by atoms with Crippen molar-refractivity contribution in [2.45, 2.75) is 51.1 Å². The highest BCUT2D eigenvalue weighted by Gasteiger charge is 2.38. The third-order valence-electron chi connectivity index (χ3n) is 8.09. The maximum absolute atomic E-state index is 12.0. The van der Waals surface area contributed by atoms with Crippen LogP contribution < -0.4 is 21.1 Å². The number of aromatic nitrogens is 4. The minimum Gasteiger partial charge on any atom is -0.491 e. The van der Waals surface area contributed by atoms with Crippen molar-refractivity contribution in [3.8, 4) is 22.0 Å². The van der Waals surface area contributed by atoms with Crippen molar-refractivity contribution in [3.05, 3.63) is 70.5 Å². The molecule has 0 radical (unpaired) electrons. The number of carbonyl (C=O) groups is 2. The molecule has 2 aliphatic heterocycles. The number of nitrogens with two attached hydrogens (primary N) is 1. The lowest BCUT2D eigenvalue weighted by Gasteiger charge is -2.20. The number of rotatable bonds is 13. The molecule has 1 saturated heterocycles. The highest BCUT2D eigenvalue weighted by atomic mass is 32.1. The van der Waals surface area contributed by atoms with E-state index in [4.69, 9.17) is 25.4 Å². The number of thiazole rings is 1. The van der Waals surface area contributed by atoms with Crippen LogP contribution in [0.25, 0.3) is 16.3 Å². The van der Waals surface area contributed by atoms with Crippen LogP contribution in [0.2, 0.25) is 0 Å². The first kappa shape index (κ1) is 35.6. The summed E-state index contributed by atoms with van der Waals surface area (Å²) in [7, 11) is 0. The predicted molar refractivity (Wildman–Crippen MR) is 179 cm³/mol. The summed E-state index contributed by atoms with van der Waals surface area (Å²) >= 11 is 1.63. The number of halogens is 3. The van der Waals surface area contributed by atoms with E-state index >= 15 is 0 Å². The number of carboxylic acids is 1. The van der Waals surface area contributed by atoms with E-state index in [0.29, 0.717) is 32.8 Å². The Hall–Kier alpha value is -4.70. The van der Waals surface area contributed by atoms with Crippen molar-refractivity contribution in [3.63, 3.8) is 0 Å². The van der Waals surface area contributed by atoms with Gasteiger partial charge in [0.25, 0.3) is 0 Å². The molecule has 2 aliphatic rings. The van der Waals surface area contributed by atoms with Crippen molar-refractivity contribution in [1.29, 1.82) is 0 Å². The van der Waals surface area contributed by atoms with Crippen LogP contribution in [0.3, 0.4) is 0 Å². The Labute approximate surface area is 285 Å². The molecule has 1 fully saturated rings. The fourth-order valence-electron chi connectivity index (χ4n) is 5.56. The molecule has 262 valence electrons. The average molecular weight is 701 g/mol. The van der Waals surface area contributed by atoms with E-state index in [1.165, 1.54) is 23.2 Å². The van der Waals surface area contributed by atoms with Gasteiger partial charge in [0.15, 0.2) is 0 Å². The number of aliphatic carboxylic acids is 1. The van der Waals surface area contributed by atoms with Crippen LogP contribution in [-0.2, 0) is 30.5 Å². The van der Waals surface area contributed by atoms with Gasteiger partial charge in [-0.15, -0.1) is 16.4 Å². The number of fused-ring (bicyclic) bond motifs is 1. The molecule has 16 heteroatoms. The maximum Gasteiger partial charge on any atom is 0.490 e. The van der Waals surface area contributed by atoms with Crippen molar-refractivity contribution >= 4 is 29.0 Å². The van der Waals surface area contributed by atoms with Gasteiger partial charge in [-0.3, -0.25) is 0 Å². The Bertz CT molecular complexity index is 1730. The van der Waals surface area contributed by atoms with Gasteiger partial charge in [-0.25, -0.2) is 19.3 Å². The van der Waals surface area contributed by atoms with E-state index in [2.05, 4.69) is 44.5 Å². The average Bonchev–Trinajstić information content (AvgIpc) is 3.86. The normalized spacial score (nSPS) is 14.0. The molecule has 6 rings (SSSR count). The predicted octanol–water partition coefficient (Wildman–Crippen LogP) is 4.85. The van der Waals surface area contributed by atoms with Gasteiger partial charge in [0.05, 0.1) is 35.4 Å². The fraction of sp³-hybridized carbons (Fsp3) is 0.424. The van der Waals surface area contributed by atoms with Crippen LogP contribution in [0.5, 0.6) is 5.75 Å². The Morgan fingerprint density at radius 3 is 2.67 bits per heavy atom. The minimum absolute atomic E-state index is 0.0441. The summed E-state index contributed by atoms with van der Waals surface area (Å²) in [6.45, 7) is 3.99. The number of unbranched alkanes of at least 4 members (excludes halogenated alkanes) is 1. The third kappa shape index (κ3) is 9.69. The van der Waals surface area contributed by atoms with Crippen LogP contribution in [0.1, 0.15) is 41.8 Å². The molecule has 4 aromatic rings. The second kappa shape index (κ2) is 16.6. The van der Waals surface area contributed by atoms with Crippen LogP contribution >= 0.6 is 11.3 Å². The number of carboxylic acid groups (broad SMARTS) is 1. The molecule has 12 nitrogen and oxygen atoms in total. The van der Waals surface area contributed by atoms with Crippen molar-refractivity contribution in [1.82, 2.24) is 30.2 Å². The quantitative estimate of drug-likeness (QED) is 0.143. The Kier molecular flexibility index (Phi) is 12.1. The zero-order valence-corrected chi connectivity index (χ0v) is 27.7. The molecule has 4 heterocycles. The van der Waals surface area contributed by atoms with Gasteiger partial charge in [-0.05, 0) is 80.8 Å². The first-order valence-corrected chi connectivity index (χ1v) is 17.0. The number of ether oxygens (including phenoxy) is 1. The molecule has 0 aliphatic carbocycles. The van der Waals surface area contributed by atoms with Gasteiger partial charge in [0.1, 0.15) is 17.4 Å². The van der Waals surface area contributed by atoms with Crippen LogP contribution in [0.15, 0.2) is 48.0 Å². The second-order valence-electron chi connectivity index (χ2n) is 11.6. The minimum atomic E-state index is -5.08. The summed E-state index contributed by atoms with van der Waals surface area (Å²) < 4.78 is 39.8. The molecule has 0 spiro atoms. The molecule has 0 saturated carbocycles. The number of benzene rings is 2. The standard InChI is InChI=1S/C31H38N8O2S.C2HF3O2/c32-13-2-1-6-23-20-39(37-36-23)25-11-12-27(29(19-25)41-18-17-38-16-15-34-31(38)40)30-35-24(21-42-30)10-9-22-5-3-8-28-26(22)7-4-14-33-28;3-2(4,5)1(6)7/h3,5,8,11-12,19-21,33H,1-2,4,6-7,9-10,13-18,32H2,(H,34,40);(H,6,7). The molecular weight excluding hydrogens is 661 g/mol. The smallest absolute Gasteiger partial charge is 0.490 e. The van der Waals surface area contributed by atoms with Gasteiger partial charge >= 0.3 is 18.2 Å². The number of amides is 2. The van der Waals surface area contributed by atoms with Gasteiger partial charge in [-0.2, -0.15) is 13.2 Å². The number of alkyl halides is 3. The monoisotopic (exact) mass is 700 g/mol. The van der Waals surface area contributed by atoms with Crippen LogP contribution in [0, 0.1) is 0 Å². The highest BCUT2D eigenvalue weighted by molar-refractivity contribution is 7.13. The number of nitrogens with one attached hydrogen (secondary N) is 2. The molecule has 5 N–H and O–H groups in total. The summed E-state index contributed by atoms with van der Waals surface area (Å²) in [5.74, 6) is -2.04. The summed E-state index contributed by atoms with van der Waals surface area (Å²) in [4.78, 5) is 27.7. The van der Waals surface area contributed by atoms with E-state index in [1.807, 2.05) is 24.4 Å². The second-order valence-corrected chi connectivity index (χ2v) is 12.4. The Morgan fingerprint density at radius 2 is 1.92 bits per heavy atom. The van der Waals surface area contributed by atoms with Gasteiger partial charge in [0, 0.05) is 36.8 Å². The van der Waals surface area contributed by atoms with E-state index in [9.17, 15) is 18.0 Å². The number of nitrogens with zero attached hydrogens (tertiary/aromatic N) is 5. The number of anilines is 1. The maximum atomic E-state index is 12.0. The topological polar surface area (TPSA) is 161 Å². The van der Waals surface area contributed by atoms with E-state index in [1.54, 1.807) is 20.9 Å². The number of aryl methyl sites for hydroxylation is 3. The summed E-state index contributed by atoms with van der Waals surface area (Å²) in [6, 6.07) is 12.6. The van der Waals surface area contributed by atoms with Crippen molar-refractivity contribution < 1.29 is 32.6 Å². The lowest BCUT2D eigenvalue weighted by molar-refractivity contribution is -0.192. The SMILES string of the molecule is NCCCCc1cn(-c2ccc(-c3nc(CCc4cccc5c4CCCN5)cs3)c(OCCN3CCNC3=O)c2)nn1.O=C(O)C(F)(F)F. The molecule has 0 bridgehead atoms. The molecule has 2 aromatic heterocycles. The molecule has 2 amide bonds. The summed E-state index contributed by atoms with van der Waals surface area (Å²) in [5, 5.41) is 25.3. The molecule has 2 aromatic carbocycles. The first-order valence-electron chi connectivity index (χ1n) is 16.1. The Morgan fingerprint density at radius 1 is 1.08 bits per heavy atom. The van der Waals surface area contributed by atoms with E-state index in [-0.39, 0.29) is 6.03 Å². The number of urea groups is 1. The highest BCUT2D eigenvalue weighted by Crippen LogP contribution is 2.35. The first-order chi connectivity index (χ1) is 23.6. The number of hydrogen-bond donors (Lipinski definition) is 4. The van der Waals surface area contributed by atoms with Gasteiger partial charge < -0.3 is 31.1 Å². The lowest BCUT2D eigenvalue weighted by atomic mass is 9.94. The van der Waals surface area contributed by atoms with Crippen LogP contribution in [0.4, 0.5) is 23.7 Å². The number of carbonyl (C=O) groups excluding carboxylic acids is 1. The molecular formula is C33H39F3N8O4S. The van der Waals surface area contributed by atoms with Gasteiger partial charge in [-0.1, -0.05) is 17.3 Å². The molecule has 0 atom stereocenters. The lowest BCUT2D eigenvalue weighted by Crippen LogP contribution is -2.31. The fourth-order valence-corrected chi connectivity index (χ4v) is 6.44. The van der Waals surface area contributed by atoms with Gasteiger partial charge in [0.2, 0.25) is 0 Å². The van der Waals surface area contributed by atoms with Crippen molar-refractivity contribution in [2.24, 2.45) is 5.73 Å². The van der Waals surface area contributed by atoms with E-state index < -0.39 is 12.1 Å². The largest absolute Gasteiger partial charge is 0.491 e. The molecule has 49 heavy (non-hydrogen) atoms. The zero-order chi connectivity index (χ0) is 34.8. The number of hydrogen-bond acceptors (Lipinski definition) is 9. The third-order valence-corrected chi connectivity index (χ3v) is 9.01. The van der Waals surface area contributed by atoms with Crippen molar-refractivity contribution in [2.75, 3.05) is 44.6 Å². The summed E-state index contributed by atoms with van der Waals surface area (Å²) in [6.07, 6.45) is 3.84. The molecule has 0 unspecified atom stereocenters. The Balaban J connectivity index is 0.000000606. The summed E-state index contributed by atoms with van der Waals surface area (Å²) in [5.41, 5.74) is 13.6.